The highest BCUT2D eigenvalue weighted by Crippen LogP contribution is 2.16. The number of aromatic nitrogens is 2. The Kier molecular flexibility index (Phi) is 5.71. The van der Waals surface area contributed by atoms with Crippen LogP contribution in [0.1, 0.15) is 22.6 Å². The number of aryl methyl sites for hydroxylation is 2. The molecule has 140 valence electrons. The summed E-state index contributed by atoms with van der Waals surface area (Å²) >= 11 is 0. The van der Waals surface area contributed by atoms with Gasteiger partial charge in [-0.3, -0.25) is 9.59 Å². The Morgan fingerprint density at radius 2 is 1.89 bits per heavy atom. The number of para-hydroxylation sites is 2. The summed E-state index contributed by atoms with van der Waals surface area (Å²) in [4.78, 5) is 27.5. The number of hydrogen-bond donors (Lipinski definition) is 2. The monoisotopic (exact) mass is 366 g/mol. The number of primary amides is 1. The van der Waals surface area contributed by atoms with E-state index in [-0.39, 0.29) is 12.5 Å². The van der Waals surface area contributed by atoms with Crippen molar-refractivity contribution in [2.75, 3.05) is 13.2 Å². The maximum atomic E-state index is 12.2. The van der Waals surface area contributed by atoms with E-state index in [1.54, 1.807) is 24.3 Å². The second-order valence-corrected chi connectivity index (χ2v) is 6.19. The molecule has 2 aromatic carbocycles. The summed E-state index contributed by atoms with van der Waals surface area (Å²) in [5, 5.41) is 2.91. The average Bonchev–Trinajstić information content (AvgIpc) is 2.99. The van der Waals surface area contributed by atoms with E-state index in [1.165, 1.54) is 0 Å². The van der Waals surface area contributed by atoms with Crippen LogP contribution in [0.3, 0.4) is 0 Å². The van der Waals surface area contributed by atoms with Gasteiger partial charge in [0, 0.05) is 18.7 Å². The topological polar surface area (TPSA) is 99.2 Å². The zero-order chi connectivity index (χ0) is 19.2. The molecule has 0 spiro atoms. The van der Waals surface area contributed by atoms with E-state index in [0.29, 0.717) is 17.9 Å². The average molecular weight is 366 g/mol. The van der Waals surface area contributed by atoms with Crippen molar-refractivity contribution < 1.29 is 14.3 Å². The number of nitrogens with two attached hydrogens (primary N) is 1. The van der Waals surface area contributed by atoms with Gasteiger partial charge in [-0.15, -0.1) is 0 Å². The first-order valence-corrected chi connectivity index (χ1v) is 8.76. The molecule has 0 radical (unpaired) electrons. The minimum atomic E-state index is -0.544. The molecule has 0 unspecified atom stereocenters. The van der Waals surface area contributed by atoms with Crippen LogP contribution in [0.25, 0.3) is 11.0 Å². The molecule has 1 aromatic heterocycles. The summed E-state index contributed by atoms with van der Waals surface area (Å²) in [7, 11) is 0. The van der Waals surface area contributed by atoms with E-state index >= 15 is 0 Å². The largest absolute Gasteiger partial charge is 0.484 e. The third-order valence-corrected chi connectivity index (χ3v) is 4.19. The van der Waals surface area contributed by atoms with E-state index in [0.717, 1.165) is 29.8 Å². The van der Waals surface area contributed by atoms with Gasteiger partial charge in [-0.1, -0.05) is 12.1 Å². The van der Waals surface area contributed by atoms with Gasteiger partial charge in [-0.05, 0) is 49.7 Å². The molecule has 3 rings (SSSR count). The number of rotatable bonds is 8. The molecular formula is C20H22N4O3. The first kappa shape index (κ1) is 18.4. The Hall–Kier alpha value is -3.35. The minimum Gasteiger partial charge on any atom is -0.484 e. The van der Waals surface area contributed by atoms with Crippen molar-refractivity contribution in [2.24, 2.45) is 5.73 Å². The van der Waals surface area contributed by atoms with Gasteiger partial charge in [0.25, 0.3) is 11.8 Å². The zero-order valence-corrected chi connectivity index (χ0v) is 15.1. The highest BCUT2D eigenvalue weighted by Gasteiger charge is 2.08. The summed E-state index contributed by atoms with van der Waals surface area (Å²) < 4.78 is 7.33. The standard InChI is InChI=1S/C20H22N4O3/c1-14-23-17-5-2-3-6-18(17)24(14)12-4-11-22-20(26)15-7-9-16(10-8-15)27-13-19(21)25/h2-3,5-10H,4,11-13H2,1H3,(H2,21,25)(H,22,26). The summed E-state index contributed by atoms with van der Waals surface area (Å²) in [6.45, 7) is 3.14. The second kappa shape index (κ2) is 8.35. The number of ether oxygens (including phenoxy) is 1. The van der Waals surface area contributed by atoms with Crippen molar-refractivity contribution in [3.8, 4) is 5.75 Å². The Labute approximate surface area is 157 Å². The quantitative estimate of drug-likeness (QED) is 0.596. The number of benzene rings is 2. The van der Waals surface area contributed by atoms with E-state index in [1.807, 2.05) is 25.1 Å². The van der Waals surface area contributed by atoms with Gasteiger partial charge in [0.1, 0.15) is 11.6 Å². The number of imidazole rings is 1. The van der Waals surface area contributed by atoms with Crippen molar-refractivity contribution in [2.45, 2.75) is 19.9 Å². The number of fused-ring (bicyclic) bond motifs is 1. The normalized spacial score (nSPS) is 10.7. The van der Waals surface area contributed by atoms with Crippen LogP contribution in [0, 0.1) is 6.92 Å². The Morgan fingerprint density at radius 1 is 1.15 bits per heavy atom. The predicted octanol–water partition coefficient (Wildman–Crippen LogP) is 2.03. The van der Waals surface area contributed by atoms with Crippen molar-refractivity contribution in [3.05, 3.63) is 59.9 Å². The van der Waals surface area contributed by atoms with Crippen LogP contribution < -0.4 is 15.8 Å². The van der Waals surface area contributed by atoms with Crippen molar-refractivity contribution in [1.29, 1.82) is 0 Å². The molecule has 0 saturated heterocycles. The minimum absolute atomic E-state index is 0.149. The van der Waals surface area contributed by atoms with Crippen LogP contribution in [-0.2, 0) is 11.3 Å². The summed E-state index contributed by atoms with van der Waals surface area (Å²) in [5.41, 5.74) is 7.65. The van der Waals surface area contributed by atoms with Crippen LogP contribution in [0.15, 0.2) is 48.5 Å². The lowest BCUT2D eigenvalue weighted by Gasteiger charge is -2.09. The van der Waals surface area contributed by atoms with Gasteiger partial charge in [0.15, 0.2) is 6.61 Å². The molecule has 0 atom stereocenters. The maximum absolute atomic E-state index is 12.2. The molecule has 0 bridgehead atoms. The lowest BCUT2D eigenvalue weighted by Crippen LogP contribution is -2.25. The first-order chi connectivity index (χ1) is 13.0. The molecule has 0 aliphatic rings. The number of hydrogen-bond acceptors (Lipinski definition) is 4. The molecule has 27 heavy (non-hydrogen) atoms. The van der Waals surface area contributed by atoms with Crippen molar-refractivity contribution in [3.63, 3.8) is 0 Å². The van der Waals surface area contributed by atoms with Crippen LogP contribution in [0.5, 0.6) is 5.75 Å². The number of amides is 2. The van der Waals surface area contributed by atoms with Crippen molar-refractivity contribution >= 4 is 22.8 Å². The molecule has 7 nitrogen and oxygen atoms in total. The third-order valence-electron chi connectivity index (χ3n) is 4.19. The van der Waals surface area contributed by atoms with E-state index in [9.17, 15) is 9.59 Å². The number of carbonyl (C=O) groups is 2. The predicted molar refractivity (Wildman–Crippen MR) is 103 cm³/mol. The molecule has 3 aromatic rings. The van der Waals surface area contributed by atoms with E-state index in [2.05, 4.69) is 20.9 Å². The molecule has 1 heterocycles. The highest BCUT2D eigenvalue weighted by molar-refractivity contribution is 5.94. The van der Waals surface area contributed by atoms with Crippen LogP contribution in [-0.4, -0.2) is 34.5 Å². The summed E-state index contributed by atoms with van der Waals surface area (Å²) in [5.74, 6) is 0.767. The van der Waals surface area contributed by atoms with Gasteiger partial charge in [-0.2, -0.15) is 0 Å². The van der Waals surface area contributed by atoms with Crippen LogP contribution in [0.2, 0.25) is 0 Å². The van der Waals surface area contributed by atoms with Gasteiger partial charge in [0.2, 0.25) is 0 Å². The Bertz CT molecular complexity index is 948. The van der Waals surface area contributed by atoms with Gasteiger partial charge >= 0.3 is 0 Å². The molecule has 2 amide bonds. The second-order valence-electron chi connectivity index (χ2n) is 6.19. The lowest BCUT2D eigenvalue weighted by atomic mass is 10.2. The summed E-state index contributed by atoms with van der Waals surface area (Å²) in [6.07, 6.45) is 0.798. The fourth-order valence-corrected chi connectivity index (χ4v) is 2.88. The molecule has 0 aliphatic heterocycles. The smallest absolute Gasteiger partial charge is 0.255 e. The van der Waals surface area contributed by atoms with Gasteiger partial charge < -0.3 is 20.4 Å². The van der Waals surface area contributed by atoms with Gasteiger partial charge in [0.05, 0.1) is 11.0 Å². The van der Waals surface area contributed by atoms with Crippen LogP contribution >= 0.6 is 0 Å². The summed E-state index contributed by atoms with van der Waals surface area (Å²) in [6, 6.07) is 14.6. The van der Waals surface area contributed by atoms with Crippen molar-refractivity contribution in [1.82, 2.24) is 14.9 Å². The third kappa shape index (κ3) is 4.63. The maximum Gasteiger partial charge on any atom is 0.255 e. The number of nitrogens with zero attached hydrogens (tertiary/aromatic N) is 2. The fraction of sp³-hybridized carbons (Fsp3) is 0.250. The first-order valence-electron chi connectivity index (χ1n) is 8.76. The molecule has 0 aliphatic carbocycles. The number of carbonyl (C=O) groups excluding carboxylic acids is 2. The van der Waals surface area contributed by atoms with E-state index < -0.39 is 5.91 Å². The van der Waals surface area contributed by atoms with Gasteiger partial charge in [-0.25, -0.2) is 4.98 Å². The van der Waals surface area contributed by atoms with E-state index in [4.69, 9.17) is 10.5 Å². The fourth-order valence-electron chi connectivity index (χ4n) is 2.88. The molecule has 0 saturated carbocycles. The van der Waals surface area contributed by atoms with Crippen LogP contribution in [0.4, 0.5) is 0 Å². The zero-order valence-electron chi connectivity index (χ0n) is 15.1. The molecule has 7 heteroatoms. The molecule has 0 fully saturated rings. The molecule has 3 N–H and O–H groups in total. The Morgan fingerprint density at radius 3 is 2.63 bits per heavy atom. The number of nitrogens with one attached hydrogen (secondary N) is 1. The molecular weight excluding hydrogens is 344 g/mol. The SMILES string of the molecule is Cc1nc2ccccc2n1CCCNC(=O)c1ccc(OCC(N)=O)cc1. The Balaban J connectivity index is 1.49. The highest BCUT2D eigenvalue weighted by atomic mass is 16.5. The lowest BCUT2D eigenvalue weighted by molar-refractivity contribution is -0.119.